The van der Waals surface area contributed by atoms with Crippen LogP contribution < -0.4 is 42.0 Å². The van der Waals surface area contributed by atoms with Gasteiger partial charge in [-0.2, -0.15) is 8.42 Å². The van der Waals surface area contributed by atoms with Crippen molar-refractivity contribution in [3.8, 4) is 17.6 Å². The number of quaternary nitrogens is 1. The van der Waals surface area contributed by atoms with Crippen LogP contribution in [-0.4, -0.2) is 209 Å². The van der Waals surface area contributed by atoms with E-state index in [1.807, 2.05) is 31.2 Å². The first-order chi connectivity index (χ1) is 47.5. The zero-order valence-corrected chi connectivity index (χ0v) is 58.5. The predicted octanol–water partition coefficient (Wildman–Crippen LogP) is 5.65. The number of primary amides is 1. The summed E-state index contributed by atoms with van der Waals surface area (Å²) in [5, 5.41) is 45.1. The number of nitrogens with one attached hydrogen (secondary N) is 5. The number of likely N-dealkylation sites (N-methyl/N-ethyl adjacent to an activating group) is 1. The molecule has 1 aliphatic rings. The van der Waals surface area contributed by atoms with Crippen LogP contribution in [0.15, 0.2) is 84.9 Å². The molecule has 10 N–H and O–H groups in total. The first-order valence-corrected chi connectivity index (χ1v) is 35.1. The smallest absolute Gasteiger partial charge is 0.410 e. The fraction of sp³-hybridized carbons (Fsp3) is 0.424. The van der Waals surface area contributed by atoms with Crippen LogP contribution in [0.5, 0.6) is 5.75 Å². The molecule has 0 bridgehead atoms. The SMILES string of the molecule is Cc1cc(N(CCCC(O)C[N+](C)(C)CCS(=O)(=O)O)c2nc(C(=O)O)c(CCCOc3ccc(C#CCN(C)C(=O)OCc4ccc(NC(=O)[C@H](CCCNC(N)=O)NC(=O)[C@@H](NC(=O)CCOCCN5C(=O)C=CC5=O)C(C)C)cc4)cc3F)s2)nnc1Nc1nc2ccccc2s1. The van der Waals surface area contributed by atoms with Crippen LogP contribution in [0.25, 0.3) is 10.2 Å². The highest BCUT2D eigenvalue weighted by Gasteiger charge is 2.31. The Morgan fingerprint density at radius 1 is 0.890 bits per heavy atom. The standard InChI is InChI=1S/C66H81FN14O16S3/c1-41(2)57(73-54(83)27-34-95-35-31-80-55(84)25-26-56(80)85)61(87)71-49(16-9-28-69-63(68)90)60(86)70-45-22-19-44(20-23-45)40-97-66(91)78(4)29-10-13-43-21-24-50(47(67)38-43)96-33-12-18-52-58(62(88)89)74-65(99-52)79(30-11-14-46(82)39-81(5,6)32-36-100(92,93)94)53-37-42(3)59(77-76-53)75-64-72-48-15-7-8-17-51(48)98-64/h7-8,15,17,19-26,37-38,41,46,49,57,82H,9,11-12,14,16,18,27-36,39-40H2,1-6H3,(H8-,68,69,70,71,72,73,75,77,83,86,87,88,89,90,92,93,94)/p+1/t46?,49-,57-/m0/s1. The normalized spacial score (nSPS) is 13.1. The molecule has 0 saturated heterocycles. The van der Waals surface area contributed by atoms with Gasteiger partial charge in [-0.15, -0.1) is 21.5 Å². The number of anilines is 5. The number of imide groups is 1. The number of para-hydroxylation sites is 1. The number of carbonyl (C=O) groups is 8. The number of thiazole rings is 2. The van der Waals surface area contributed by atoms with E-state index >= 15 is 4.39 Å². The van der Waals surface area contributed by atoms with Gasteiger partial charge in [-0.1, -0.05) is 61.3 Å². The molecule has 100 heavy (non-hydrogen) atoms. The van der Waals surface area contributed by atoms with Crippen LogP contribution in [0, 0.1) is 30.5 Å². The number of nitrogens with two attached hydrogens (primary N) is 1. The van der Waals surface area contributed by atoms with Gasteiger partial charge in [0, 0.05) is 54.8 Å². The Hall–Kier alpha value is -9.76. The Labute approximate surface area is 585 Å². The van der Waals surface area contributed by atoms with Gasteiger partial charge in [0.05, 0.1) is 63.8 Å². The second-order valence-electron chi connectivity index (χ2n) is 24.3. The topological polar surface area (TPSA) is 407 Å². The molecular weight excluding hydrogens is 1360 g/mol. The molecule has 3 aromatic heterocycles. The van der Waals surface area contributed by atoms with Crippen molar-refractivity contribution in [1.29, 1.82) is 0 Å². The molecule has 0 radical (unpaired) electrons. The van der Waals surface area contributed by atoms with Gasteiger partial charge in [0.25, 0.3) is 21.9 Å². The van der Waals surface area contributed by atoms with Gasteiger partial charge >= 0.3 is 18.1 Å². The van der Waals surface area contributed by atoms with E-state index in [0.717, 1.165) is 38.6 Å². The number of benzene rings is 3. The molecule has 1 unspecified atom stereocenters. The quantitative estimate of drug-likeness (QED) is 0.00743. The summed E-state index contributed by atoms with van der Waals surface area (Å²) in [6, 6.07) is 17.0. The van der Waals surface area contributed by atoms with E-state index in [0.29, 0.717) is 55.6 Å². The lowest BCUT2D eigenvalue weighted by Gasteiger charge is -2.31. The number of fused-ring (bicyclic) bond motifs is 1. The summed E-state index contributed by atoms with van der Waals surface area (Å²) in [6.45, 7) is 5.58. The maximum Gasteiger partial charge on any atom is 0.410 e. The van der Waals surface area contributed by atoms with Gasteiger partial charge in [-0.3, -0.25) is 33.4 Å². The summed E-state index contributed by atoms with van der Waals surface area (Å²) in [6.07, 6.45) is 2.03. The van der Waals surface area contributed by atoms with Crippen LogP contribution in [0.3, 0.4) is 0 Å². The van der Waals surface area contributed by atoms with E-state index in [2.05, 4.69) is 58.6 Å². The molecule has 3 aromatic carbocycles. The number of aromatic carboxylic acids is 1. The molecule has 1 aliphatic heterocycles. The minimum atomic E-state index is -4.21. The summed E-state index contributed by atoms with van der Waals surface area (Å²) >= 11 is 2.58. The Morgan fingerprint density at radius 2 is 1.63 bits per heavy atom. The molecule has 536 valence electrons. The number of aromatic nitrogens is 4. The number of aryl methyl sites for hydroxylation is 2. The minimum absolute atomic E-state index is 0.0000584. The van der Waals surface area contributed by atoms with Crippen LogP contribution in [0.2, 0.25) is 0 Å². The number of nitrogens with zero attached hydrogens (tertiary/aromatic N) is 8. The van der Waals surface area contributed by atoms with Crippen molar-refractivity contribution in [2.45, 2.75) is 90.5 Å². The lowest BCUT2D eigenvalue weighted by molar-refractivity contribution is -0.891. The van der Waals surface area contributed by atoms with E-state index < -0.39 is 93.4 Å². The van der Waals surface area contributed by atoms with Gasteiger partial charge < -0.3 is 71.0 Å². The van der Waals surface area contributed by atoms with Gasteiger partial charge in [-0.25, -0.2) is 28.7 Å². The molecular formula is C66H82FN14O16S3+. The highest BCUT2D eigenvalue weighted by atomic mass is 32.2. The van der Waals surface area contributed by atoms with Gasteiger partial charge in [0.1, 0.15) is 37.1 Å². The van der Waals surface area contributed by atoms with Crippen molar-refractivity contribution >= 4 is 118 Å². The lowest BCUT2D eigenvalue weighted by Crippen LogP contribution is -2.54. The highest BCUT2D eigenvalue weighted by Crippen LogP contribution is 2.35. The number of carboxylic acids is 1. The number of halogens is 1. The van der Waals surface area contributed by atoms with E-state index in [9.17, 15) is 61.5 Å². The van der Waals surface area contributed by atoms with E-state index in [-0.39, 0.29) is 120 Å². The summed E-state index contributed by atoms with van der Waals surface area (Å²) in [5.41, 5.74) is 7.72. The Bertz CT molecular complexity index is 4050. The number of aliphatic hydroxyl groups is 1. The molecule has 8 amide bonds. The number of carboxylic acid groups (broad SMARTS) is 1. The second-order valence-corrected chi connectivity index (χ2v) is 28.0. The number of ether oxygens (including phenoxy) is 3. The molecule has 0 saturated carbocycles. The third kappa shape index (κ3) is 24.6. The fourth-order valence-electron chi connectivity index (χ4n) is 9.96. The Balaban J connectivity index is 0.879. The maximum absolute atomic E-state index is 15.4. The monoisotopic (exact) mass is 1440 g/mol. The third-order valence-electron chi connectivity index (χ3n) is 15.3. The van der Waals surface area contributed by atoms with Gasteiger partial charge in [-0.05, 0) is 111 Å². The van der Waals surface area contributed by atoms with Crippen LogP contribution in [0.4, 0.5) is 41.6 Å². The number of aliphatic hydroxyl groups excluding tert-OH is 1. The molecule has 6 aromatic rings. The average Bonchev–Trinajstić information content (AvgIpc) is 1.61. The minimum Gasteiger partial charge on any atom is -0.491 e. The van der Waals surface area contributed by atoms with Crippen LogP contribution in [0.1, 0.15) is 84.4 Å². The maximum atomic E-state index is 15.4. The molecule has 30 nitrogen and oxygen atoms in total. The third-order valence-corrected chi connectivity index (χ3v) is 18.1. The van der Waals surface area contributed by atoms with E-state index in [1.54, 1.807) is 69.2 Å². The lowest BCUT2D eigenvalue weighted by atomic mass is 10.0. The largest absolute Gasteiger partial charge is 0.491 e. The van der Waals surface area contributed by atoms with Crippen LogP contribution >= 0.6 is 22.7 Å². The number of carbonyl (C=O) groups excluding carboxylic acids is 7. The molecule has 34 heteroatoms. The molecule has 3 atom stereocenters. The van der Waals surface area contributed by atoms with Crippen molar-refractivity contribution in [1.82, 2.24) is 45.9 Å². The molecule has 7 rings (SSSR count). The summed E-state index contributed by atoms with van der Waals surface area (Å²) in [4.78, 5) is 114. The number of hydrogen-bond acceptors (Lipinski definition) is 22. The first kappa shape index (κ1) is 77.6. The van der Waals surface area contributed by atoms with Crippen molar-refractivity contribution < 1.29 is 84.6 Å². The summed E-state index contributed by atoms with van der Waals surface area (Å²) in [5.74, 6) is 0.860. The highest BCUT2D eigenvalue weighted by molar-refractivity contribution is 7.85. The summed E-state index contributed by atoms with van der Waals surface area (Å²) < 4.78 is 65.4. The van der Waals surface area contributed by atoms with E-state index in [4.69, 9.17) is 19.9 Å². The van der Waals surface area contributed by atoms with E-state index in [1.165, 1.54) is 35.4 Å². The fourth-order valence-corrected chi connectivity index (χ4v) is 12.7. The molecule has 0 spiro atoms. The molecule has 4 heterocycles. The van der Waals surface area contributed by atoms with Crippen LogP contribution in [-0.2, 0) is 56.6 Å². The number of urea groups is 1. The first-order valence-electron chi connectivity index (χ1n) is 31.9. The molecule has 0 aliphatic carbocycles. The van der Waals surface area contributed by atoms with Crippen molar-refractivity contribution in [3.63, 3.8) is 0 Å². The zero-order chi connectivity index (χ0) is 72.7. The predicted molar refractivity (Wildman–Crippen MR) is 371 cm³/mol. The Kier molecular flexibility index (Phi) is 28.6. The van der Waals surface area contributed by atoms with Crippen molar-refractivity contribution in [2.24, 2.45) is 11.7 Å². The summed E-state index contributed by atoms with van der Waals surface area (Å²) in [7, 11) is 0.751. The van der Waals surface area contributed by atoms with Gasteiger partial charge in [0.15, 0.2) is 39.2 Å². The number of hydrogen-bond donors (Lipinski definition) is 9. The molecule has 0 fully saturated rings. The van der Waals surface area contributed by atoms with Gasteiger partial charge in [0.2, 0.25) is 17.7 Å². The number of rotatable bonds is 38. The number of amides is 8. The van der Waals surface area contributed by atoms with Crippen molar-refractivity contribution in [2.75, 3.05) is 102 Å². The zero-order valence-electron chi connectivity index (χ0n) is 56.0. The Morgan fingerprint density at radius 3 is 2.31 bits per heavy atom. The van der Waals surface area contributed by atoms with Crippen molar-refractivity contribution in [3.05, 3.63) is 118 Å². The second kappa shape index (κ2) is 36.9. The average molecular weight is 1440 g/mol.